The Hall–Kier alpha value is -2.92. The summed E-state index contributed by atoms with van der Waals surface area (Å²) in [5.41, 5.74) is -0.187. The van der Waals surface area contributed by atoms with Crippen molar-refractivity contribution in [3.8, 4) is 6.07 Å². The van der Waals surface area contributed by atoms with E-state index < -0.39 is 23.4 Å². The number of amides is 2. The molecule has 1 atom stereocenters. The predicted octanol–water partition coefficient (Wildman–Crippen LogP) is 2.24. The maximum atomic E-state index is 13.0. The second-order valence-corrected chi connectivity index (χ2v) is 7.85. The normalized spacial score (nSPS) is 18.9. The maximum Gasteiger partial charge on any atom is 0.313 e. The number of ether oxygens (including phenoxy) is 2. The number of nitriles is 1. The molecule has 0 radical (unpaired) electrons. The third-order valence-corrected chi connectivity index (χ3v) is 5.81. The van der Waals surface area contributed by atoms with Gasteiger partial charge in [-0.3, -0.25) is 14.4 Å². The molecule has 8 heteroatoms. The molecule has 1 N–H and O–H groups in total. The largest absolute Gasteiger partial charge is 0.452 e. The SMILES string of the molecule is C[C@H](OC(=O)C1(CC(=O)N2CCOCC2)CCCC1)C(=O)Nc1ccccc1C#N. The highest BCUT2D eigenvalue weighted by atomic mass is 16.5. The zero-order chi connectivity index (χ0) is 21.6. The molecule has 1 saturated heterocycles. The Morgan fingerprint density at radius 2 is 1.90 bits per heavy atom. The number of hydrogen-bond donors (Lipinski definition) is 1. The van der Waals surface area contributed by atoms with E-state index in [0.717, 1.165) is 12.8 Å². The van der Waals surface area contributed by atoms with E-state index in [1.165, 1.54) is 6.92 Å². The summed E-state index contributed by atoms with van der Waals surface area (Å²) in [6.45, 7) is 3.56. The molecular formula is C22H27N3O5. The highest BCUT2D eigenvalue weighted by Crippen LogP contribution is 2.43. The van der Waals surface area contributed by atoms with Crippen LogP contribution in [0.4, 0.5) is 5.69 Å². The summed E-state index contributed by atoms with van der Waals surface area (Å²) in [7, 11) is 0. The predicted molar refractivity (Wildman–Crippen MR) is 108 cm³/mol. The minimum Gasteiger partial charge on any atom is -0.452 e. The fraction of sp³-hybridized carbons (Fsp3) is 0.545. The number of para-hydroxylation sites is 1. The summed E-state index contributed by atoms with van der Waals surface area (Å²) >= 11 is 0. The monoisotopic (exact) mass is 413 g/mol. The maximum absolute atomic E-state index is 13.0. The van der Waals surface area contributed by atoms with E-state index in [2.05, 4.69) is 5.32 Å². The topological polar surface area (TPSA) is 109 Å². The average Bonchev–Trinajstić information content (AvgIpc) is 3.24. The van der Waals surface area contributed by atoms with Crippen LogP contribution in [0.15, 0.2) is 24.3 Å². The standard InChI is InChI=1S/C22H27N3O5/c1-16(20(27)24-18-7-3-2-6-17(18)15-23)30-21(28)22(8-4-5-9-22)14-19(26)25-10-12-29-13-11-25/h2-3,6-7,16H,4-5,8-14H2,1H3,(H,24,27)/t16-/m0/s1. The van der Waals surface area contributed by atoms with Crippen LogP contribution in [0.2, 0.25) is 0 Å². The zero-order valence-corrected chi connectivity index (χ0v) is 17.2. The Kier molecular flexibility index (Phi) is 7.06. The van der Waals surface area contributed by atoms with Gasteiger partial charge in [0, 0.05) is 19.5 Å². The molecule has 2 fully saturated rings. The Morgan fingerprint density at radius 3 is 2.57 bits per heavy atom. The second-order valence-electron chi connectivity index (χ2n) is 7.85. The van der Waals surface area contributed by atoms with Gasteiger partial charge in [0.05, 0.1) is 29.9 Å². The van der Waals surface area contributed by atoms with Crippen LogP contribution in [0, 0.1) is 16.7 Å². The molecule has 1 aliphatic heterocycles. The van der Waals surface area contributed by atoms with Crippen LogP contribution in [0.25, 0.3) is 0 Å². The van der Waals surface area contributed by atoms with Crippen LogP contribution in [0.3, 0.4) is 0 Å². The Balaban J connectivity index is 1.63. The van der Waals surface area contributed by atoms with Gasteiger partial charge < -0.3 is 19.7 Å². The van der Waals surface area contributed by atoms with E-state index in [1.54, 1.807) is 29.2 Å². The molecule has 1 aromatic rings. The molecule has 160 valence electrons. The number of anilines is 1. The number of nitrogens with zero attached hydrogens (tertiary/aromatic N) is 2. The van der Waals surface area contributed by atoms with Crippen molar-refractivity contribution < 1.29 is 23.9 Å². The Labute approximate surface area is 176 Å². The molecule has 3 rings (SSSR count). The van der Waals surface area contributed by atoms with Crippen molar-refractivity contribution in [1.82, 2.24) is 4.90 Å². The molecular weight excluding hydrogens is 386 g/mol. The molecule has 2 amide bonds. The number of carbonyl (C=O) groups is 3. The van der Waals surface area contributed by atoms with Crippen molar-refractivity contribution >= 4 is 23.5 Å². The number of rotatable bonds is 6. The highest BCUT2D eigenvalue weighted by Gasteiger charge is 2.46. The van der Waals surface area contributed by atoms with Crippen LogP contribution in [0.5, 0.6) is 0 Å². The van der Waals surface area contributed by atoms with Crippen molar-refractivity contribution in [3.63, 3.8) is 0 Å². The lowest BCUT2D eigenvalue weighted by atomic mass is 9.82. The number of nitrogens with one attached hydrogen (secondary N) is 1. The van der Waals surface area contributed by atoms with Crippen LogP contribution >= 0.6 is 0 Å². The number of morpholine rings is 1. The molecule has 0 aromatic heterocycles. The van der Waals surface area contributed by atoms with Crippen LogP contribution in [-0.4, -0.2) is 55.1 Å². The lowest BCUT2D eigenvalue weighted by Crippen LogP contribution is -2.45. The Bertz CT molecular complexity index is 835. The van der Waals surface area contributed by atoms with Gasteiger partial charge in [-0.2, -0.15) is 5.26 Å². The molecule has 8 nitrogen and oxygen atoms in total. The minimum absolute atomic E-state index is 0.0720. The third-order valence-electron chi connectivity index (χ3n) is 5.81. The molecule has 1 aromatic carbocycles. The third kappa shape index (κ3) is 4.97. The highest BCUT2D eigenvalue weighted by molar-refractivity contribution is 5.96. The van der Waals surface area contributed by atoms with Gasteiger partial charge in [-0.15, -0.1) is 0 Å². The molecule has 1 aliphatic carbocycles. The summed E-state index contributed by atoms with van der Waals surface area (Å²) < 4.78 is 10.8. The first-order chi connectivity index (χ1) is 14.4. The summed E-state index contributed by atoms with van der Waals surface area (Å²) in [5, 5.41) is 11.8. The fourth-order valence-corrected chi connectivity index (χ4v) is 3.98. The van der Waals surface area contributed by atoms with Gasteiger partial charge in [-0.05, 0) is 31.9 Å². The van der Waals surface area contributed by atoms with Gasteiger partial charge in [0.25, 0.3) is 5.91 Å². The molecule has 0 spiro atoms. The van der Waals surface area contributed by atoms with Gasteiger partial charge >= 0.3 is 5.97 Å². The van der Waals surface area contributed by atoms with E-state index in [4.69, 9.17) is 14.7 Å². The minimum atomic E-state index is -1.04. The van der Waals surface area contributed by atoms with Gasteiger partial charge in [0.1, 0.15) is 6.07 Å². The molecule has 0 bridgehead atoms. The van der Waals surface area contributed by atoms with E-state index in [-0.39, 0.29) is 12.3 Å². The van der Waals surface area contributed by atoms with Crippen molar-refractivity contribution in [2.24, 2.45) is 5.41 Å². The molecule has 2 aliphatic rings. The van der Waals surface area contributed by atoms with Crippen molar-refractivity contribution in [2.75, 3.05) is 31.6 Å². The van der Waals surface area contributed by atoms with Gasteiger partial charge in [-0.25, -0.2) is 0 Å². The summed E-state index contributed by atoms with van der Waals surface area (Å²) in [6.07, 6.45) is 1.90. The quantitative estimate of drug-likeness (QED) is 0.717. The second kappa shape index (κ2) is 9.72. The number of benzene rings is 1. The number of carbonyl (C=O) groups excluding carboxylic acids is 3. The van der Waals surface area contributed by atoms with Crippen LogP contribution in [-0.2, 0) is 23.9 Å². The summed E-state index contributed by atoms with van der Waals surface area (Å²) in [5.74, 6) is -1.09. The summed E-state index contributed by atoms with van der Waals surface area (Å²) in [6, 6.07) is 8.63. The van der Waals surface area contributed by atoms with E-state index >= 15 is 0 Å². The van der Waals surface area contributed by atoms with Gasteiger partial charge in [-0.1, -0.05) is 25.0 Å². The number of esters is 1. The van der Waals surface area contributed by atoms with E-state index in [1.807, 2.05) is 6.07 Å². The first-order valence-electron chi connectivity index (χ1n) is 10.3. The molecule has 1 saturated carbocycles. The van der Waals surface area contributed by atoms with E-state index in [0.29, 0.717) is 50.4 Å². The summed E-state index contributed by atoms with van der Waals surface area (Å²) in [4.78, 5) is 40.0. The van der Waals surface area contributed by atoms with Crippen LogP contribution < -0.4 is 5.32 Å². The first-order valence-corrected chi connectivity index (χ1v) is 10.3. The lowest BCUT2D eigenvalue weighted by Gasteiger charge is -2.32. The van der Waals surface area contributed by atoms with Crippen molar-refractivity contribution in [2.45, 2.75) is 45.1 Å². The number of hydrogen-bond acceptors (Lipinski definition) is 6. The van der Waals surface area contributed by atoms with Gasteiger partial charge in [0.2, 0.25) is 5.91 Å². The average molecular weight is 413 g/mol. The first kappa shape index (κ1) is 21.8. The molecule has 30 heavy (non-hydrogen) atoms. The zero-order valence-electron chi connectivity index (χ0n) is 17.2. The van der Waals surface area contributed by atoms with Crippen molar-refractivity contribution in [1.29, 1.82) is 5.26 Å². The van der Waals surface area contributed by atoms with Crippen molar-refractivity contribution in [3.05, 3.63) is 29.8 Å². The smallest absolute Gasteiger partial charge is 0.313 e. The molecule has 1 heterocycles. The Morgan fingerprint density at radius 1 is 1.23 bits per heavy atom. The van der Waals surface area contributed by atoms with Crippen LogP contribution in [0.1, 0.15) is 44.6 Å². The van der Waals surface area contributed by atoms with Gasteiger partial charge in [0.15, 0.2) is 6.10 Å². The lowest BCUT2D eigenvalue weighted by molar-refractivity contribution is -0.166. The fourth-order valence-electron chi connectivity index (χ4n) is 3.98. The van der Waals surface area contributed by atoms with E-state index in [9.17, 15) is 14.4 Å². The molecule has 0 unspecified atom stereocenters.